The van der Waals surface area contributed by atoms with E-state index in [1.165, 1.54) is 70.5 Å². The molecule has 0 atom stereocenters. The fourth-order valence-electron chi connectivity index (χ4n) is 5.41. The average molecular weight is 730 g/mol. The molecule has 0 aromatic heterocycles. The van der Waals surface area contributed by atoms with Crippen LogP contribution in [-0.4, -0.2) is 3.21 Å². The van der Waals surface area contributed by atoms with Crippen molar-refractivity contribution in [2.24, 2.45) is 0 Å². The van der Waals surface area contributed by atoms with Gasteiger partial charge in [0.15, 0.2) is 0 Å². The normalized spacial score (nSPS) is 11.4. The summed E-state index contributed by atoms with van der Waals surface area (Å²) in [5, 5.41) is 12.4. The molecule has 216 valence electrons. The van der Waals surface area contributed by atoms with Crippen LogP contribution >= 0.6 is 48.0 Å². The van der Waals surface area contributed by atoms with Crippen molar-refractivity contribution in [3.05, 3.63) is 173 Å². The van der Waals surface area contributed by atoms with Gasteiger partial charge in [-0.1, -0.05) is 77.5 Å². The zero-order valence-corrected chi connectivity index (χ0v) is 29.2. The van der Waals surface area contributed by atoms with Crippen molar-refractivity contribution < 1.29 is 24.2 Å². The smallest absolute Gasteiger partial charge is 0.0255 e. The Morgan fingerprint density at radius 2 is 1.14 bits per heavy atom. The van der Waals surface area contributed by atoms with Gasteiger partial charge in [0.25, 0.3) is 0 Å². The summed E-state index contributed by atoms with van der Waals surface area (Å²) >= 11 is 13.3. The van der Waals surface area contributed by atoms with E-state index >= 15 is 0 Å². The van der Waals surface area contributed by atoms with E-state index in [2.05, 4.69) is 103 Å². The van der Waals surface area contributed by atoms with Crippen molar-refractivity contribution in [1.29, 1.82) is 0 Å². The Kier molecular flexibility index (Phi) is 12.3. The van der Waals surface area contributed by atoms with Gasteiger partial charge in [0.05, 0.1) is 0 Å². The van der Waals surface area contributed by atoms with Gasteiger partial charge < -0.3 is 0 Å². The molecule has 0 nitrogen and oxygen atoms in total. The molecule has 0 saturated carbocycles. The number of hydrogen-bond donors (Lipinski definition) is 0. The fraction of sp³-hybridized carbons (Fsp3) is 0.0256. The summed E-state index contributed by atoms with van der Waals surface area (Å²) < 4.78 is 1.26. The van der Waals surface area contributed by atoms with Crippen LogP contribution in [0.3, 0.4) is 0 Å². The minimum atomic E-state index is 0. The van der Waals surface area contributed by atoms with Gasteiger partial charge in [-0.05, 0) is 10.8 Å². The Balaban J connectivity index is 0.000000171. The largest absolute Gasteiger partial charge is 0.273 e. The van der Waals surface area contributed by atoms with Crippen molar-refractivity contribution in [2.75, 3.05) is 0 Å². The number of halogens is 4. The Labute approximate surface area is 295 Å². The zero-order chi connectivity index (χ0) is 28.9. The maximum Gasteiger partial charge on any atom is -0.0255 e. The van der Waals surface area contributed by atoms with Crippen LogP contribution in [0.2, 0.25) is 10.0 Å². The number of benzene rings is 6. The van der Waals surface area contributed by atoms with Crippen LogP contribution in [0.1, 0.15) is 17.5 Å². The van der Waals surface area contributed by atoms with E-state index in [0.29, 0.717) is 0 Å². The Morgan fingerprint density at radius 3 is 1.66 bits per heavy atom. The first-order valence-electron chi connectivity index (χ1n) is 13.8. The molecule has 0 fully saturated rings. The van der Waals surface area contributed by atoms with Gasteiger partial charge in [-0.25, -0.2) is 12.2 Å². The van der Waals surface area contributed by atoms with E-state index in [4.69, 9.17) is 23.2 Å². The van der Waals surface area contributed by atoms with Gasteiger partial charge in [-0.15, -0.1) is 64.9 Å². The second-order valence-electron chi connectivity index (χ2n) is 10.0. The summed E-state index contributed by atoms with van der Waals surface area (Å²) in [5.74, 6) is 0. The molecule has 0 amide bonds. The molecule has 0 N–H and O–H groups in total. The van der Waals surface area contributed by atoms with Crippen LogP contribution in [0.4, 0.5) is 0 Å². The molecule has 8 rings (SSSR count). The molecule has 0 aliphatic heterocycles. The maximum atomic E-state index is 5.98. The predicted octanol–water partition coefficient (Wildman–Crippen LogP) is 12.3. The minimum absolute atomic E-state index is 0. The van der Waals surface area contributed by atoms with E-state index in [1.807, 2.05) is 48.6 Å². The molecule has 0 unspecified atom stereocenters. The third kappa shape index (κ3) is 7.48. The quantitative estimate of drug-likeness (QED) is 0.123. The molecule has 44 heavy (non-hydrogen) atoms. The monoisotopic (exact) mass is 726 g/mol. The number of hydrogen-bond acceptors (Lipinski definition) is 0. The van der Waals surface area contributed by atoms with Crippen LogP contribution in [0.5, 0.6) is 0 Å². The molecule has 0 bridgehead atoms. The summed E-state index contributed by atoms with van der Waals surface area (Å²) in [6.07, 6.45) is 10.0. The third-order valence-electron chi connectivity index (χ3n) is 7.32. The van der Waals surface area contributed by atoms with E-state index in [0.717, 1.165) is 27.6 Å². The van der Waals surface area contributed by atoms with E-state index < -0.39 is 0 Å². The standard InChI is InChI=1S/C21H13.C13H8Cl2.C5H5.2ClH.Zr/c1-2-8-15-14(7-1)13-20-18-11-4-3-9-16(18)17-10-5-6-12-19(17)21(15)20;14-12-5-1-3-10(8-12)7-11-4-2-6-13(15)9-11;1-2-4-5-3-1;;;/h1-13H;1-6,8-9H;1-3H,4H2;2*1H;/q-1;;-1;;;+2. The molecule has 7 aromatic carbocycles. The van der Waals surface area contributed by atoms with E-state index in [-0.39, 0.29) is 24.8 Å². The van der Waals surface area contributed by atoms with Gasteiger partial charge in [0.1, 0.15) is 0 Å². The Hall–Kier alpha value is -2.90. The Bertz CT molecular complexity index is 2060. The number of fused-ring (bicyclic) bond motifs is 8. The van der Waals surface area contributed by atoms with Crippen molar-refractivity contribution in [2.45, 2.75) is 6.42 Å². The minimum Gasteiger partial charge on any atom is -0.273 e. The summed E-state index contributed by atoms with van der Waals surface area (Å²) in [5.41, 5.74) is 2.32. The number of allylic oxidation sites excluding steroid dienone is 4. The van der Waals surface area contributed by atoms with Crippen LogP contribution in [0.15, 0.2) is 146 Å². The summed E-state index contributed by atoms with van der Waals surface area (Å²) in [4.78, 5) is 0. The second-order valence-corrected chi connectivity index (χ2v) is 12.1. The van der Waals surface area contributed by atoms with Crippen LogP contribution in [0.25, 0.3) is 43.1 Å². The third-order valence-corrected chi connectivity index (χ3v) is 9.20. The van der Waals surface area contributed by atoms with Crippen molar-refractivity contribution >= 4 is 94.3 Å². The first-order valence-corrected chi connectivity index (χ1v) is 15.8. The Morgan fingerprint density at radius 1 is 0.614 bits per heavy atom. The summed E-state index contributed by atoms with van der Waals surface area (Å²) in [7, 11) is 0. The molecule has 0 saturated heterocycles. The van der Waals surface area contributed by atoms with Gasteiger partial charge in [0.2, 0.25) is 0 Å². The van der Waals surface area contributed by atoms with Gasteiger partial charge in [-0.3, -0.25) is 6.08 Å². The molecule has 7 aromatic rings. The molecule has 0 heterocycles. The van der Waals surface area contributed by atoms with E-state index in [1.54, 1.807) is 0 Å². The summed E-state index contributed by atoms with van der Waals surface area (Å²) in [6, 6.07) is 44.3. The van der Waals surface area contributed by atoms with Crippen molar-refractivity contribution in [3.63, 3.8) is 0 Å². The zero-order valence-electron chi connectivity index (χ0n) is 23.6. The average Bonchev–Trinajstić information content (AvgIpc) is 3.74. The topological polar surface area (TPSA) is 0 Å². The van der Waals surface area contributed by atoms with Crippen molar-refractivity contribution in [3.8, 4) is 0 Å². The van der Waals surface area contributed by atoms with Gasteiger partial charge in [-0.2, -0.15) is 6.08 Å². The molecular weight excluding hydrogens is 701 g/mol. The van der Waals surface area contributed by atoms with Gasteiger partial charge >= 0.3 is 120 Å². The molecule has 5 heteroatoms. The molecule has 1 aliphatic rings. The van der Waals surface area contributed by atoms with Crippen LogP contribution in [-0.2, 0) is 24.2 Å². The van der Waals surface area contributed by atoms with E-state index in [9.17, 15) is 0 Å². The van der Waals surface area contributed by atoms with Crippen LogP contribution < -0.4 is 0 Å². The van der Waals surface area contributed by atoms with Crippen molar-refractivity contribution in [1.82, 2.24) is 0 Å². The first-order chi connectivity index (χ1) is 20.6. The summed E-state index contributed by atoms with van der Waals surface area (Å²) in [6.45, 7) is 0. The van der Waals surface area contributed by atoms with Gasteiger partial charge in [0, 0.05) is 0 Å². The molecule has 0 spiro atoms. The molecule has 1 aliphatic carbocycles. The first kappa shape index (κ1) is 34.0. The van der Waals surface area contributed by atoms with Crippen LogP contribution in [0, 0.1) is 6.08 Å². The molecule has 0 radical (unpaired) electrons. The SMILES string of the molecule is Cl.Cl.Clc1cccc([C](=[Zr+2])c2cccc(Cl)c2)c1.[C-]1=CC=CC1.c1ccc2c(c1)[cH-]c1c3ccccc3c3ccccc3c21. The second kappa shape index (κ2) is 15.9. The maximum absolute atomic E-state index is 5.98. The fourth-order valence-corrected chi connectivity index (χ4v) is 6.55. The number of rotatable bonds is 2. The predicted molar refractivity (Wildman–Crippen MR) is 194 cm³/mol. The molecular formula is C39H28Cl4Zr.